The van der Waals surface area contributed by atoms with Crippen molar-refractivity contribution in [1.82, 2.24) is 5.32 Å². The van der Waals surface area contributed by atoms with Crippen molar-refractivity contribution in [3.05, 3.63) is 65.2 Å². The Morgan fingerprint density at radius 3 is 2.36 bits per heavy atom. The molecule has 1 heterocycles. The minimum absolute atomic E-state index is 0.0890. The molecule has 5 heteroatoms. The largest absolute Gasteiger partial charge is 0.348 e. The van der Waals surface area contributed by atoms with Crippen LogP contribution in [0.2, 0.25) is 0 Å². The molecule has 3 rings (SSSR count). The Balaban J connectivity index is 1.62. The molecule has 0 unspecified atom stereocenters. The van der Waals surface area contributed by atoms with E-state index in [0.29, 0.717) is 30.8 Å². The lowest BCUT2D eigenvalue weighted by Crippen LogP contribution is -3.10. The molecule has 0 aromatic heterocycles. The number of quaternary nitrogens is 1. The summed E-state index contributed by atoms with van der Waals surface area (Å²) in [6, 6.07) is 15.8. The average Bonchev–Trinajstić information content (AvgIpc) is 3.16. The fraction of sp³-hybridized carbons (Fsp3) is 0.391. The number of benzene rings is 2. The average molecular weight is 381 g/mol. The topological polar surface area (TPSA) is 53.9 Å². The summed E-state index contributed by atoms with van der Waals surface area (Å²) < 4.78 is 0. The quantitative estimate of drug-likeness (QED) is 0.737. The highest BCUT2D eigenvalue weighted by Gasteiger charge is 2.25. The van der Waals surface area contributed by atoms with Gasteiger partial charge in [-0.2, -0.15) is 0 Å². The molecule has 2 N–H and O–H groups in total. The van der Waals surface area contributed by atoms with Gasteiger partial charge in [0.25, 0.3) is 5.91 Å². The predicted molar refractivity (Wildman–Crippen MR) is 111 cm³/mol. The van der Waals surface area contributed by atoms with Crippen LogP contribution in [-0.4, -0.2) is 31.4 Å². The zero-order valence-electron chi connectivity index (χ0n) is 16.8. The Kier molecular flexibility index (Phi) is 6.82. The standard InChI is InChI=1S/C23H29N3O2/c1-3-25(4-2)17-19-13-11-18(12-14-19)16-24-23(28)20-8-5-6-9-21(20)26-15-7-10-22(26)27/h5-6,8-9,11-14H,3-4,7,10,15-17H2,1-2H3,(H,24,28)/p+1. The molecule has 0 atom stereocenters. The number of para-hydroxylation sites is 1. The van der Waals surface area contributed by atoms with E-state index in [0.717, 1.165) is 31.6 Å². The molecule has 5 nitrogen and oxygen atoms in total. The molecule has 0 saturated carbocycles. The van der Waals surface area contributed by atoms with Crippen molar-refractivity contribution in [3.63, 3.8) is 0 Å². The SMILES string of the molecule is CC[NH+](CC)Cc1ccc(CNC(=O)c2ccccc2N2CCCC2=O)cc1. The first-order valence-electron chi connectivity index (χ1n) is 10.2. The fourth-order valence-corrected chi connectivity index (χ4v) is 3.65. The van der Waals surface area contributed by atoms with Gasteiger partial charge in [-0.05, 0) is 38.0 Å². The molecule has 1 saturated heterocycles. The molecule has 28 heavy (non-hydrogen) atoms. The van der Waals surface area contributed by atoms with Gasteiger partial charge in [0.15, 0.2) is 0 Å². The van der Waals surface area contributed by atoms with Crippen molar-refractivity contribution in [2.45, 2.75) is 39.8 Å². The van der Waals surface area contributed by atoms with Crippen LogP contribution in [0.15, 0.2) is 48.5 Å². The van der Waals surface area contributed by atoms with Crippen molar-refractivity contribution in [2.24, 2.45) is 0 Å². The number of amides is 2. The van der Waals surface area contributed by atoms with Gasteiger partial charge >= 0.3 is 0 Å². The van der Waals surface area contributed by atoms with Crippen LogP contribution in [0.4, 0.5) is 5.69 Å². The van der Waals surface area contributed by atoms with Gasteiger partial charge in [-0.25, -0.2) is 0 Å². The summed E-state index contributed by atoms with van der Waals surface area (Å²) in [6.07, 6.45) is 1.40. The van der Waals surface area contributed by atoms with Gasteiger partial charge < -0.3 is 15.1 Å². The molecular weight excluding hydrogens is 350 g/mol. The normalized spacial score (nSPS) is 14.0. The second kappa shape index (κ2) is 9.51. The first-order chi connectivity index (χ1) is 13.6. The third kappa shape index (κ3) is 4.78. The van der Waals surface area contributed by atoms with E-state index >= 15 is 0 Å². The highest BCUT2D eigenvalue weighted by atomic mass is 16.2. The monoisotopic (exact) mass is 380 g/mol. The number of rotatable bonds is 8. The second-order valence-electron chi connectivity index (χ2n) is 7.30. The predicted octanol–water partition coefficient (Wildman–Crippen LogP) is 2.17. The number of hydrogen-bond acceptors (Lipinski definition) is 2. The van der Waals surface area contributed by atoms with Crippen LogP contribution in [-0.2, 0) is 17.9 Å². The lowest BCUT2D eigenvalue weighted by Gasteiger charge is -2.19. The van der Waals surface area contributed by atoms with Crippen LogP contribution in [0.25, 0.3) is 0 Å². The maximum atomic E-state index is 12.7. The summed E-state index contributed by atoms with van der Waals surface area (Å²) in [5.41, 5.74) is 3.65. The van der Waals surface area contributed by atoms with Crippen LogP contribution in [0.1, 0.15) is 48.2 Å². The van der Waals surface area contributed by atoms with Crippen LogP contribution in [0.3, 0.4) is 0 Å². The summed E-state index contributed by atoms with van der Waals surface area (Å²) in [6.45, 7) is 8.82. The van der Waals surface area contributed by atoms with Crippen molar-refractivity contribution in [3.8, 4) is 0 Å². The van der Waals surface area contributed by atoms with E-state index in [2.05, 4.69) is 43.4 Å². The number of hydrogen-bond donors (Lipinski definition) is 2. The van der Waals surface area contributed by atoms with Crippen molar-refractivity contribution >= 4 is 17.5 Å². The van der Waals surface area contributed by atoms with E-state index in [1.54, 1.807) is 15.9 Å². The molecule has 2 amide bonds. The fourth-order valence-electron chi connectivity index (χ4n) is 3.65. The summed E-state index contributed by atoms with van der Waals surface area (Å²) >= 11 is 0. The maximum absolute atomic E-state index is 12.7. The van der Waals surface area contributed by atoms with E-state index in [1.165, 1.54) is 5.56 Å². The highest BCUT2D eigenvalue weighted by molar-refractivity contribution is 6.05. The molecule has 0 spiro atoms. The van der Waals surface area contributed by atoms with Crippen LogP contribution < -0.4 is 15.1 Å². The lowest BCUT2D eigenvalue weighted by atomic mass is 10.1. The summed E-state index contributed by atoms with van der Waals surface area (Å²) in [4.78, 5) is 28.1. The Morgan fingerprint density at radius 1 is 1.04 bits per heavy atom. The van der Waals surface area contributed by atoms with E-state index in [-0.39, 0.29) is 11.8 Å². The van der Waals surface area contributed by atoms with Crippen LogP contribution in [0, 0.1) is 0 Å². The zero-order valence-corrected chi connectivity index (χ0v) is 16.8. The molecule has 2 aromatic rings. The molecule has 1 aliphatic rings. The van der Waals surface area contributed by atoms with Crippen molar-refractivity contribution in [1.29, 1.82) is 0 Å². The first kappa shape index (κ1) is 20.1. The van der Waals surface area contributed by atoms with Gasteiger partial charge in [-0.3, -0.25) is 9.59 Å². The van der Waals surface area contributed by atoms with Crippen LogP contribution in [0.5, 0.6) is 0 Å². The molecular formula is C23H30N3O2+. The highest BCUT2D eigenvalue weighted by Crippen LogP contribution is 2.25. The van der Waals surface area contributed by atoms with Gasteiger partial charge in [0.1, 0.15) is 6.54 Å². The molecule has 1 aliphatic heterocycles. The van der Waals surface area contributed by atoms with E-state index in [9.17, 15) is 9.59 Å². The summed E-state index contributed by atoms with van der Waals surface area (Å²) in [5.74, 6) is -0.0573. The first-order valence-corrected chi connectivity index (χ1v) is 10.2. The zero-order chi connectivity index (χ0) is 19.9. The van der Waals surface area contributed by atoms with Gasteiger partial charge in [0.05, 0.1) is 24.3 Å². The third-order valence-electron chi connectivity index (χ3n) is 5.44. The smallest absolute Gasteiger partial charge is 0.253 e. The van der Waals surface area contributed by atoms with Crippen LogP contribution >= 0.6 is 0 Å². The second-order valence-corrected chi connectivity index (χ2v) is 7.30. The molecule has 0 aliphatic carbocycles. The summed E-state index contributed by atoms with van der Waals surface area (Å²) in [7, 11) is 0. The number of anilines is 1. The Hall–Kier alpha value is -2.66. The third-order valence-corrected chi connectivity index (χ3v) is 5.44. The number of nitrogens with zero attached hydrogens (tertiary/aromatic N) is 1. The van der Waals surface area contributed by atoms with Gasteiger partial charge in [-0.1, -0.05) is 36.4 Å². The Morgan fingerprint density at radius 2 is 1.71 bits per heavy atom. The maximum Gasteiger partial charge on any atom is 0.253 e. The molecule has 1 fully saturated rings. The lowest BCUT2D eigenvalue weighted by molar-refractivity contribution is -0.910. The van der Waals surface area contributed by atoms with Gasteiger partial charge in [-0.15, -0.1) is 0 Å². The molecule has 148 valence electrons. The number of nitrogens with one attached hydrogen (secondary N) is 2. The Bertz CT molecular complexity index is 813. The Labute approximate surface area is 167 Å². The minimum atomic E-state index is -0.146. The van der Waals surface area contributed by atoms with Crippen molar-refractivity contribution < 1.29 is 14.5 Å². The summed E-state index contributed by atoms with van der Waals surface area (Å²) in [5, 5.41) is 2.99. The number of carbonyl (C=O) groups excluding carboxylic acids is 2. The van der Waals surface area contributed by atoms with Gasteiger partial charge in [0, 0.05) is 25.1 Å². The minimum Gasteiger partial charge on any atom is -0.348 e. The van der Waals surface area contributed by atoms with E-state index in [4.69, 9.17) is 0 Å². The molecule has 0 radical (unpaired) electrons. The number of carbonyl (C=O) groups is 2. The van der Waals surface area contributed by atoms with E-state index in [1.807, 2.05) is 18.2 Å². The van der Waals surface area contributed by atoms with E-state index < -0.39 is 0 Å². The molecule has 2 aromatic carbocycles. The van der Waals surface area contributed by atoms with Gasteiger partial charge in [0.2, 0.25) is 5.91 Å². The molecule has 0 bridgehead atoms. The van der Waals surface area contributed by atoms with Crippen molar-refractivity contribution in [2.75, 3.05) is 24.5 Å².